The maximum Gasteiger partial charge on any atom is 0.0598 e. The van der Waals surface area contributed by atoms with Gasteiger partial charge < -0.3 is 15.5 Å². The van der Waals surface area contributed by atoms with E-state index in [-0.39, 0.29) is 12.1 Å². The molecule has 12 atom stereocenters. The minimum absolute atomic E-state index is 0.228. The van der Waals surface area contributed by atoms with Crippen molar-refractivity contribution in [1.82, 2.24) is 5.32 Å². The molecule has 0 aromatic heterocycles. The van der Waals surface area contributed by atoms with Gasteiger partial charge in [-0.2, -0.15) is 0 Å². The van der Waals surface area contributed by atoms with Crippen LogP contribution in [0.4, 0.5) is 0 Å². The number of aliphatic hydroxyl groups excluding tert-OH is 1. The summed E-state index contributed by atoms with van der Waals surface area (Å²) in [7, 11) is 0. The van der Waals surface area contributed by atoms with Crippen LogP contribution in [-0.2, 0) is 0 Å². The number of aliphatic hydroxyl groups is 2. The van der Waals surface area contributed by atoms with Crippen molar-refractivity contribution in [3.63, 3.8) is 0 Å². The highest BCUT2D eigenvalue weighted by atomic mass is 16.3. The molecule has 0 aliphatic heterocycles. The molecule has 3 nitrogen and oxygen atoms in total. The van der Waals surface area contributed by atoms with Crippen molar-refractivity contribution in [1.29, 1.82) is 0 Å². The average Bonchev–Trinajstić information content (AvgIpc) is 3.86. The van der Waals surface area contributed by atoms with E-state index in [0.29, 0.717) is 28.1 Å². The largest absolute Gasteiger partial charge is 0.393 e. The molecular weight excluding hydrogens is 779 g/mol. The highest BCUT2D eigenvalue weighted by Gasteiger charge is 2.52. The van der Waals surface area contributed by atoms with Crippen LogP contribution in [0.1, 0.15) is 217 Å². The normalized spacial score (nSPS) is 38.3. The summed E-state index contributed by atoms with van der Waals surface area (Å²) in [5.74, 6) is 7.13. The summed E-state index contributed by atoms with van der Waals surface area (Å²) in [6.45, 7) is 36.0. The molecule has 7 aliphatic rings. The molecule has 0 aromatic carbocycles. The standard InChI is InChI=1S/C31H51NO2.C30H50/c1-21(8-6-16-30(3,4)34)27-14-15-28-24(9-7-17-31(27,28)5)12-13-25-18-26(33)19-29(22(25)2)32-20-23-10-11-23;1-21-19-23(3)24(4)26(20-21)14-13-25-12-10-18-30(8)27(15-16-28(25)30)22(2)11-9-17-29(5,6)7/h12-13,21,23,26-29,32-34H,2,6-11,14-20H2,1,3-5H3;13-14,21-23,27-28H,4,9-12,15-20H2,1-3,5-8H3/b24-12+,25-13-;25-13+,26-14-/t21-,26-,27-,28+,29+,31-;21-,22+,23-,27+,28-,30+/m10/s1. The fraction of sp³-hybridized carbons (Fsp3) is 0.803. The Labute approximate surface area is 396 Å². The maximum absolute atomic E-state index is 10.5. The number of rotatable bonds is 14. The summed E-state index contributed by atoms with van der Waals surface area (Å²) in [6.07, 6.45) is 37.3. The monoisotopic (exact) mass is 880 g/mol. The van der Waals surface area contributed by atoms with E-state index in [9.17, 15) is 10.2 Å². The van der Waals surface area contributed by atoms with E-state index in [1.54, 1.807) is 11.1 Å². The van der Waals surface area contributed by atoms with Gasteiger partial charge in [-0.1, -0.05) is 137 Å². The van der Waals surface area contributed by atoms with Gasteiger partial charge >= 0.3 is 0 Å². The fourth-order valence-corrected chi connectivity index (χ4v) is 15.0. The third kappa shape index (κ3) is 13.3. The lowest BCUT2D eigenvalue weighted by Crippen LogP contribution is -2.39. The SMILES string of the molecule is C=C1/C(=C\C=C2/CCC[C@]3(C)[C@@H]([C@H](C)CCCC(C)(C)C)CC[C@@H]23)C[C@@H](C)C[C@@H]1C.C=C1/C(=C\C=C2/CCC[C@]3(C)[C@@H]([C@H](C)CCCC(C)(C)O)CC[C@@H]23)C[C@@H](O)C[C@@H]1NCC1CC1. The molecule has 0 amide bonds. The molecule has 3 N–H and O–H groups in total. The second kappa shape index (κ2) is 21.7. The Balaban J connectivity index is 0.000000214. The van der Waals surface area contributed by atoms with Gasteiger partial charge in [0.1, 0.15) is 0 Å². The van der Waals surface area contributed by atoms with Gasteiger partial charge in [-0.05, 0) is 228 Å². The lowest BCUT2D eigenvalue weighted by molar-refractivity contribution is 0.0596. The lowest BCUT2D eigenvalue weighted by Gasteiger charge is -2.44. The molecular formula is C61H101NO2. The first-order valence-corrected chi connectivity index (χ1v) is 27.4. The van der Waals surface area contributed by atoms with Crippen molar-refractivity contribution < 1.29 is 10.2 Å². The zero-order valence-corrected chi connectivity index (χ0v) is 43.7. The van der Waals surface area contributed by atoms with Gasteiger partial charge in [-0.15, -0.1) is 0 Å². The Kier molecular flexibility index (Phi) is 17.6. The van der Waals surface area contributed by atoms with Crippen LogP contribution in [0.5, 0.6) is 0 Å². The van der Waals surface area contributed by atoms with Crippen LogP contribution in [0.25, 0.3) is 0 Å². The van der Waals surface area contributed by atoms with Gasteiger partial charge in [-0.3, -0.25) is 0 Å². The van der Waals surface area contributed by atoms with Crippen LogP contribution in [0.15, 0.2) is 70.9 Å². The second-order valence-electron chi connectivity index (χ2n) is 26.2. The summed E-state index contributed by atoms with van der Waals surface area (Å²) in [6, 6.07) is 0.228. The summed E-state index contributed by atoms with van der Waals surface area (Å²) >= 11 is 0. The number of hydrogen-bond donors (Lipinski definition) is 3. The zero-order valence-electron chi connectivity index (χ0n) is 43.7. The van der Waals surface area contributed by atoms with Crippen molar-refractivity contribution in [2.24, 2.45) is 69.5 Å². The lowest BCUT2D eigenvalue weighted by atomic mass is 9.60. The number of allylic oxidation sites excluding steroid dienone is 8. The van der Waals surface area contributed by atoms with E-state index in [2.05, 4.69) is 105 Å². The van der Waals surface area contributed by atoms with Crippen LogP contribution in [0.2, 0.25) is 0 Å². The predicted molar refractivity (Wildman–Crippen MR) is 276 cm³/mol. The molecule has 0 unspecified atom stereocenters. The first-order valence-electron chi connectivity index (χ1n) is 27.4. The van der Waals surface area contributed by atoms with Gasteiger partial charge in [0, 0.05) is 6.04 Å². The summed E-state index contributed by atoms with van der Waals surface area (Å²) in [5, 5.41) is 24.3. The predicted octanol–water partition coefficient (Wildman–Crippen LogP) is 16.2. The van der Waals surface area contributed by atoms with Gasteiger partial charge in [-0.25, -0.2) is 0 Å². The smallest absolute Gasteiger partial charge is 0.0598 e. The van der Waals surface area contributed by atoms with Crippen LogP contribution in [0, 0.1) is 69.5 Å². The van der Waals surface area contributed by atoms with Crippen LogP contribution < -0.4 is 5.32 Å². The molecule has 7 fully saturated rings. The highest BCUT2D eigenvalue weighted by Crippen LogP contribution is 2.61. The molecule has 362 valence electrons. The van der Waals surface area contributed by atoms with E-state index in [4.69, 9.17) is 0 Å². The third-order valence-corrected chi connectivity index (χ3v) is 19.0. The van der Waals surface area contributed by atoms with E-state index >= 15 is 0 Å². The van der Waals surface area contributed by atoms with Gasteiger partial charge in [0.05, 0.1) is 11.7 Å². The van der Waals surface area contributed by atoms with Crippen molar-refractivity contribution in [3.05, 3.63) is 70.9 Å². The molecule has 7 aliphatic carbocycles. The van der Waals surface area contributed by atoms with Crippen molar-refractivity contribution >= 4 is 0 Å². The van der Waals surface area contributed by atoms with E-state index in [1.165, 1.54) is 138 Å². The molecule has 0 heterocycles. The fourth-order valence-electron chi connectivity index (χ4n) is 15.0. The van der Waals surface area contributed by atoms with Crippen molar-refractivity contribution in [3.8, 4) is 0 Å². The van der Waals surface area contributed by atoms with E-state index in [1.807, 2.05) is 13.8 Å². The maximum atomic E-state index is 10.5. The third-order valence-electron chi connectivity index (χ3n) is 19.0. The minimum atomic E-state index is -0.542. The molecule has 64 heavy (non-hydrogen) atoms. The minimum Gasteiger partial charge on any atom is -0.393 e. The van der Waals surface area contributed by atoms with Crippen molar-refractivity contribution in [2.45, 2.75) is 235 Å². The van der Waals surface area contributed by atoms with Crippen molar-refractivity contribution in [2.75, 3.05) is 6.54 Å². The second-order valence-corrected chi connectivity index (χ2v) is 26.2. The Bertz CT molecular complexity index is 1710. The van der Waals surface area contributed by atoms with Crippen LogP contribution in [-0.4, -0.2) is 34.5 Å². The Morgan fingerprint density at radius 3 is 1.72 bits per heavy atom. The number of fused-ring (bicyclic) bond motifs is 2. The number of hydrogen-bond acceptors (Lipinski definition) is 3. The highest BCUT2D eigenvalue weighted by molar-refractivity contribution is 5.40. The summed E-state index contributed by atoms with van der Waals surface area (Å²) in [4.78, 5) is 0. The van der Waals surface area contributed by atoms with Crippen LogP contribution >= 0.6 is 0 Å². The van der Waals surface area contributed by atoms with Crippen LogP contribution in [0.3, 0.4) is 0 Å². The Morgan fingerprint density at radius 1 is 0.703 bits per heavy atom. The Morgan fingerprint density at radius 2 is 1.22 bits per heavy atom. The molecule has 7 saturated carbocycles. The summed E-state index contributed by atoms with van der Waals surface area (Å²) in [5.41, 5.74) is 9.68. The molecule has 0 bridgehead atoms. The topological polar surface area (TPSA) is 52.5 Å². The molecule has 0 aromatic rings. The average molecular weight is 880 g/mol. The van der Waals surface area contributed by atoms with Gasteiger partial charge in [0.15, 0.2) is 0 Å². The van der Waals surface area contributed by atoms with Gasteiger partial charge in [0.2, 0.25) is 0 Å². The summed E-state index contributed by atoms with van der Waals surface area (Å²) < 4.78 is 0. The first kappa shape index (κ1) is 51.7. The zero-order chi connectivity index (χ0) is 46.6. The van der Waals surface area contributed by atoms with E-state index < -0.39 is 5.60 Å². The number of nitrogens with one attached hydrogen (secondary N) is 1. The molecule has 7 rings (SSSR count). The Hall–Kier alpha value is -1.68. The molecule has 3 heteroatoms. The molecule has 0 saturated heterocycles. The van der Waals surface area contributed by atoms with E-state index in [0.717, 1.165) is 73.7 Å². The first-order chi connectivity index (χ1) is 30.1. The molecule has 0 radical (unpaired) electrons. The quantitative estimate of drug-likeness (QED) is 0.163. The van der Waals surface area contributed by atoms with Gasteiger partial charge in [0.25, 0.3) is 0 Å². The molecule has 0 spiro atoms.